The zero-order chi connectivity index (χ0) is 6.69. The van der Waals surface area contributed by atoms with E-state index in [1.54, 1.807) is 0 Å². The van der Waals surface area contributed by atoms with Crippen molar-refractivity contribution in [2.24, 2.45) is 0 Å². The summed E-state index contributed by atoms with van der Waals surface area (Å²) in [5, 5.41) is 0.135. The van der Waals surface area contributed by atoms with Crippen molar-refractivity contribution in [1.82, 2.24) is 0 Å². The Kier molecular flexibility index (Phi) is 2.36. The van der Waals surface area contributed by atoms with E-state index in [0.29, 0.717) is 0 Å². The molecule has 1 saturated carbocycles. The molecule has 0 bridgehead atoms. The van der Waals surface area contributed by atoms with Gasteiger partial charge in [0, 0.05) is 6.42 Å². The third-order valence-electron chi connectivity index (χ3n) is 1.81. The number of hydrogen-bond acceptors (Lipinski definition) is 0. The smallest absolute Gasteiger partial charge is 0.239 e. The van der Waals surface area contributed by atoms with Gasteiger partial charge in [0.2, 0.25) is 6.04 Å². The summed E-state index contributed by atoms with van der Waals surface area (Å²) in [4.78, 5) is 3.45. The van der Waals surface area contributed by atoms with E-state index in [-0.39, 0.29) is 11.4 Å². The summed E-state index contributed by atoms with van der Waals surface area (Å²) >= 11 is 5.87. The van der Waals surface area contributed by atoms with Gasteiger partial charge in [0.15, 0.2) is 0 Å². The Bertz CT molecular complexity index is 127. The predicted octanol–water partition coefficient (Wildman–Crippen LogP) is 2.46. The van der Waals surface area contributed by atoms with E-state index in [1.807, 2.05) is 0 Å². The second kappa shape index (κ2) is 3.08. The van der Waals surface area contributed by atoms with Crippen LogP contribution in [0.3, 0.4) is 0 Å². The van der Waals surface area contributed by atoms with E-state index >= 15 is 0 Å². The molecule has 0 aromatic rings. The minimum Gasteiger partial charge on any atom is -0.312 e. The van der Waals surface area contributed by atoms with Crippen molar-refractivity contribution in [1.29, 1.82) is 0 Å². The first kappa shape index (κ1) is 6.89. The van der Waals surface area contributed by atoms with Crippen LogP contribution < -0.4 is 0 Å². The highest BCUT2D eigenvalue weighted by molar-refractivity contribution is 6.21. The zero-order valence-electron chi connectivity index (χ0n) is 5.31. The van der Waals surface area contributed by atoms with Crippen LogP contribution in [0, 0.1) is 6.57 Å². The summed E-state index contributed by atoms with van der Waals surface area (Å²) in [6.45, 7) is 6.77. The van der Waals surface area contributed by atoms with E-state index in [4.69, 9.17) is 18.2 Å². The topological polar surface area (TPSA) is 4.36 Å². The summed E-state index contributed by atoms with van der Waals surface area (Å²) in [6, 6.07) is 0.111. The normalized spacial score (nSPS) is 35.6. The summed E-state index contributed by atoms with van der Waals surface area (Å²) in [5.41, 5.74) is 0. The molecule has 2 unspecified atom stereocenters. The van der Waals surface area contributed by atoms with E-state index in [9.17, 15) is 0 Å². The molecule has 1 nitrogen and oxygen atoms in total. The average Bonchev–Trinajstić information content (AvgIpc) is 1.89. The fourth-order valence-electron chi connectivity index (χ4n) is 1.21. The van der Waals surface area contributed by atoms with Gasteiger partial charge in [0.25, 0.3) is 0 Å². The van der Waals surface area contributed by atoms with Crippen LogP contribution in [-0.4, -0.2) is 11.4 Å². The Hall–Kier alpha value is -0.220. The second-order valence-electron chi connectivity index (χ2n) is 2.50. The minimum atomic E-state index is 0.111. The lowest BCUT2D eigenvalue weighted by molar-refractivity contribution is 0.487. The minimum absolute atomic E-state index is 0.111. The maximum absolute atomic E-state index is 6.77. The predicted molar refractivity (Wildman–Crippen MR) is 38.5 cm³/mol. The van der Waals surface area contributed by atoms with Crippen molar-refractivity contribution < 1.29 is 0 Å². The quantitative estimate of drug-likeness (QED) is 0.363. The molecule has 0 amide bonds. The highest BCUT2D eigenvalue weighted by Gasteiger charge is 2.26. The fourth-order valence-corrected chi connectivity index (χ4v) is 1.55. The second-order valence-corrected chi connectivity index (χ2v) is 3.06. The van der Waals surface area contributed by atoms with Gasteiger partial charge < -0.3 is 4.85 Å². The largest absolute Gasteiger partial charge is 0.312 e. The summed E-state index contributed by atoms with van der Waals surface area (Å²) in [7, 11) is 0. The standard InChI is InChI=1S/C7H10ClN/c1-9-7-5-3-2-4-6(7)8/h6-7H,2-5H2. The highest BCUT2D eigenvalue weighted by atomic mass is 35.5. The first-order valence-corrected chi connectivity index (χ1v) is 3.79. The molecule has 0 aromatic carbocycles. The Morgan fingerprint density at radius 2 is 2.00 bits per heavy atom. The van der Waals surface area contributed by atoms with Crippen molar-refractivity contribution in [2.45, 2.75) is 37.1 Å². The Morgan fingerprint density at radius 1 is 1.33 bits per heavy atom. The van der Waals surface area contributed by atoms with Crippen molar-refractivity contribution in [2.75, 3.05) is 0 Å². The lowest BCUT2D eigenvalue weighted by Gasteiger charge is -2.16. The Morgan fingerprint density at radius 3 is 2.44 bits per heavy atom. The molecule has 1 aliphatic carbocycles. The Labute approximate surface area is 60.8 Å². The van der Waals surface area contributed by atoms with E-state index in [1.165, 1.54) is 12.8 Å². The van der Waals surface area contributed by atoms with Crippen LogP contribution in [0.1, 0.15) is 25.7 Å². The van der Waals surface area contributed by atoms with Crippen LogP contribution in [0.25, 0.3) is 4.85 Å². The van der Waals surface area contributed by atoms with Crippen molar-refractivity contribution in [3.63, 3.8) is 0 Å². The molecule has 0 aromatic heterocycles. The molecule has 0 saturated heterocycles. The number of alkyl halides is 1. The number of hydrogen-bond donors (Lipinski definition) is 0. The summed E-state index contributed by atoms with van der Waals surface area (Å²) < 4.78 is 0. The molecule has 0 N–H and O–H groups in total. The van der Waals surface area contributed by atoms with Crippen LogP contribution in [0.4, 0.5) is 0 Å². The highest BCUT2D eigenvalue weighted by Crippen LogP contribution is 2.25. The molecule has 0 spiro atoms. The van der Waals surface area contributed by atoms with Gasteiger partial charge in [-0.25, -0.2) is 6.57 Å². The molecule has 0 radical (unpaired) electrons. The molecule has 2 heteroatoms. The van der Waals surface area contributed by atoms with Crippen LogP contribution in [-0.2, 0) is 0 Å². The lowest BCUT2D eigenvalue weighted by Crippen LogP contribution is -2.21. The molecular formula is C7H10ClN. The van der Waals surface area contributed by atoms with Crippen LogP contribution in [0.2, 0.25) is 0 Å². The van der Waals surface area contributed by atoms with Crippen molar-refractivity contribution in [3.8, 4) is 0 Å². The summed E-state index contributed by atoms with van der Waals surface area (Å²) in [6.07, 6.45) is 4.45. The van der Waals surface area contributed by atoms with Gasteiger partial charge >= 0.3 is 0 Å². The number of nitrogens with zero attached hydrogens (tertiary/aromatic N) is 1. The molecular weight excluding hydrogens is 134 g/mol. The molecule has 9 heavy (non-hydrogen) atoms. The van der Waals surface area contributed by atoms with Gasteiger partial charge in [-0.05, 0) is 12.8 Å². The molecule has 1 aliphatic rings. The molecule has 0 heterocycles. The summed E-state index contributed by atoms with van der Waals surface area (Å²) in [5.74, 6) is 0. The molecule has 0 aliphatic heterocycles. The van der Waals surface area contributed by atoms with E-state index in [2.05, 4.69) is 4.85 Å². The average molecular weight is 144 g/mol. The van der Waals surface area contributed by atoms with E-state index < -0.39 is 0 Å². The first-order chi connectivity index (χ1) is 4.34. The van der Waals surface area contributed by atoms with Gasteiger partial charge in [0.1, 0.15) is 5.38 Å². The van der Waals surface area contributed by atoms with Crippen LogP contribution >= 0.6 is 11.6 Å². The van der Waals surface area contributed by atoms with Crippen molar-refractivity contribution in [3.05, 3.63) is 11.4 Å². The van der Waals surface area contributed by atoms with Crippen molar-refractivity contribution >= 4 is 11.6 Å². The SMILES string of the molecule is [C-]#[N+]C1CCCCC1Cl. The monoisotopic (exact) mass is 143 g/mol. The maximum atomic E-state index is 6.77. The van der Waals surface area contributed by atoms with Gasteiger partial charge in [-0.15, -0.1) is 11.6 Å². The number of rotatable bonds is 0. The van der Waals surface area contributed by atoms with Gasteiger partial charge in [-0.3, -0.25) is 0 Å². The van der Waals surface area contributed by atoms with Crippen LogP contribution in [0.5, 0.6) is 0 Å². The molecule has 1 fully saturated rings. The first-order valence-electron chi connectivity index (χ1n) is 3.35. The van der Waals surface area contributed by atoms with Gasteiger partial charge in [0.05, 0.1) is 0 Å². The molecule has 2 atom stereocenters. The van der Waals surface area contributed by atoms with Crippen LogP contribution in [0.15, 0.2) is 0 Å². The number of halogens is 1. The zero-order valence-corrected chi connectivity index (χ0v) is 6.06. The molecule has 50 valence electrons. The van der Waals surface area contributed by atoms with Gasteiger partial charge in [-0.2, -0.15) is 0 Å². The fraction of sp³-hybridized carbons (Fsp3) is 0.857. The molecule has 1 rings (SSSR count). The Balaban J connectivity index is 2.41. The van der Waals surface area contributed by atoms with Gasteiger partial charge in [-0.1, -0.05) is 6.42 Å². The third kappa shape index (κ3) is 1.59. The van der Waals surface area contributed by atoms with E-state index in [0.717, 1.165) is 12.8 Å². The maximum Gasteiger partial charge on any atom is 0.239 e. The third-order valence-corrected chi connectivity index (χ3v) is 2.32. The lowest BCUT2D eigenvalue weighted by atomic mass is 9.96.